The summed E-state index contributed by atoms with van der Waals surface area (Å²) in [5.74, 6) is 2.05. The average Bonchev–Trinajstić information content (AvgIpc) is 3.67. The van der Waals surface area contributed by atoms with Crippen molar-refractivity contribution < 1.29 is 8.78 Å². The molecule has 0 bridgehead atoms. The Morgan fingerprint density at radius 2 is 1.73 bits per heavy atom. The van der Waals surface area contributed by atoms with Crippen molar-refractivity contribution >= 4 is 22.8 Å². The van der Waals surface area contributed by atoms with Crippen molar-refractivity contribution in [3.63, 3.8) is 0 Å². The van der Waals surface area contributed by atoms with E-state index in [2.05, 4.69) is 66.5 Å². The van der Waals surface area contributed by atoms with Gasteiger partial charge in [-0.25, -0.2) is 28.7 Å². The van der Waals surface area contributed by atoms with Gasteiger partial charge in [0.25, 0.3) is 0 Å². The molecule has 2 saturated heterocycles. The van der Waals surface area contributed by atoms with Crippen molar-refractivity contribution in [3.05, 3.63) is 59.7 Å². The SMILES string of the molecule is CCN1CC2CN(Cc3ccc(Nc4ncc(F)c(-c5cc(F)c6nc7n(c6c5)C(C)(C)CC7)n4)nc3)CC2C1. The van der Waals surface area contributed by atoms with Gasteiger partial charge in [-0.3, -0.25) is 4.90 Å². The molecule has 2 atom stereocenters. The smallest absolute Gasteiger partial charge is 0.229 e. The number of benzene rings is 1. The molecule has 3 aliphatic heterocycles. The molecule has 208 valence electrons. The zero-order chi connectivity index (χ0) is 27.6. The summed E-state index contributed by atoms with van der Waals surface area (Å²) in [7, 11) is 0. The predicted molar refractivity (Wildman–Crippen MR) is 150 cm³/mol. The van der Waals surface area contributed by atoms with Crippen LogP contribution in [0.3, 0.4) is 0 Å². The van der Waals surface area contributed by atoms with Crippen LogP contribution in [-0.2, 0) is 18.5 Å². The molecule has 2 fully saturated rings. The zero-order valence-corrected chi connectivity index (χ0v) is 23.2. The molecule has 7 rings (SSSR count). The van der Waals surface area contributed by atoms with E-state index in [1.807, 2.05) is 12.3 Å². The number of pyridine rings is 1. The lowest BCUT2D eigenvalue weighted by Gasteiger charge is -2.22. The number of rotatable bonds is 6. The highest BCUT2D eigenvalue weighted by Crippen LogP contribution is 2.38. The molecule has 4 aromatic rings. The molecule has 1 N–H and O–H groups in total. The highest BCUT2D eigenvalue weighted by atomic mass is 19.1. The number of likely N-dealkylation sites (tertiary alicyclic amines) is 2. The van der Waals surface area contributed by atoms with Crippen LogP contribution in [0.1, 0.15) is 38.6 Å². The second-order valence-electron chi connectivity index (χ2n) is 12.1. The Bertz CT molecular complexity index is 1570. The molecule has 0 saturated carbocycles. The third-order valence-corrected chi connectivity index (χ3v) is 8.92. The molecular weight excluding hydrogens is 510 g/mol. The number of anilines is 2. The lowest BCUT2D eigenvalue weighted by molar-refractivity contribution is 0.257. The van der Waals surface area contributed by atoms with Crippen LogP contribution >= 0.6 is 0 Å². The molecule has 0 aliphatic carbocycles. The van der Waals surface area contributed by atoms with Crippen LogP contribution in [0.5, 0.6) is 0 Å². The van der Waals surface area contributed by atoms with Crippen LogP contribution < -0.4 is 5.32 Å². The standard InChI is InChI=1S/C30H34F2N8/c1-4-38-14-20-16-39(17-21(20)15-38)13-18-5-6-25(33-11-18)35-29-34-12-23(32)27(37-29)19-9-22(31)28-24(10-19)40-26(36-28)7-8-30(40,2)3/h5-6,9-12,20-21H,4,7-8,13-17H2,1-3H3,(H,33,34,35,37). The molecule has 3 aliphatic rings. The highest BCUT2D eigenvalue weighted by Gasteiger charge is 2.39. The number of aromatic nitrogens is 5. The van der Waals surface area contributed by atoms with Gasteiger partial charge in [-0.2, -0.15) is 0 Å². The minimum atomic E-state index is -0.620. The molecular formula is C30H34F2N8. The van der Waals surface area contributed by atoms with Crippen LogP contribution in [0.25, 0.3) is 22.3 Å². The van der Waals surface area contributed by atoms with Crippen LogP contribution in [0, 0.1) is 23.5 Å². The number of hydrogen-bond donors (Lipinski definition) is 1. The van der Waals surface area contributed by atoms with E-state index in [0.29, 0.717) is 22.4 Å². The maximum absolute atomic E-state index is 15.1. The quantitative estimate of drug-likeness (QED) is 0.367. The topological polar surface area (TPSA) is 75.0 Å². The number of aryl methyl sites for hydroxylation is 1. The average molecular weight is 545 g/mol. The van der Waals surface area contributed by atoms with Gasteiger partial charge in [-0.15, -0.1) is 0 Å². The summed E-state index contributed by atoms with van der Waals surface area (Å²) in [6.07, 6.45) is 4.69. The summed E-state index contributed by atoms with van der Waals surface area (Å²) >= 11 is 0. The Balaban J connectivity index is 1.08. The third-order valence-electron chi connectivity index (χ3n) is 8.92. The van der Waals surface area contributed by atoms with Gasteiger partial charge in [0.2, 0.25) is 5.95 Å². The van der Waals surface area contributed by atoms with Crippen molar-refractivity contribution in [2.75, 3.05) is 38.0 Å². The summed E-state index contributed by atoms with van der Waals surface area (Å²) in [4.78, 5) is 22.7. The molecule has 3 aromatic heterocycles. The molecule has 0 spiro atoms. The monoisotopic (exact) mass is 544 g/mol. The third kappa shape index (κ3) is 4.43. The van der Waals surface area contributed by atoms with E-state index in [9.17, 15) is 4.39 Å². The van der Waals surface area contributed by atoms with Gasteiger partial charge in [-0.1, -0.05) is 13.0 Å². The van der Waals surface area contributed by atoms with Crippen molar-refractivity contribution in [2.45, 2.75) is 45.7 Å². The second kappa shape index (κ2) is 9.55. The first-order valence-electron chi connectivity index (χ1n) is 14.2. The maximum atomic E-state index is 15.1. The summed E-state index contributed by atoms with van der Waals surface area (Å²) in [5.41, 5.74) is 2.30. The fourth-order valence-electron chi connectivity index (χ4n) is 6.86. The van der Waals surface area contributed by atoms with Gasteiger partial charge in [0.1, 0.15) is 22.9 Å². The summed E-state index contributed by atoms with van der Waals surface area (Å²) in [6, 6.07) is 7.02. The van der Waals surface area contributed by atoms with Gasteiger partial charge in [0.05, 0.1) is 11.7 Å². The normalized spacial score (nSPS) is 22.2. The van der Waals surface area contributed by atoms with Crippen molar-refractivity contribution in [1.29, 1.82) is 0 Å². The van der Waals surface area contributed by atoms with E-state index in [0.717, 1.165) is 68.4 Å². The Kier molecular flexibility index (Phi) is 6.08. The van der Waals surface area contributed by atoms with E-state index in [-0.39, 0.29) is 17.2 Å². The minimum Gasteiger partial charge on any atom is -0.322 e. The predicted octanol–water partition coefficient (Wildman–Crippen LogP) is 4.97. The zero-order valence-electron chi connectivity index (χ0n) is 23.2. The number of fused-ring (bicyclic) bond motifs is 4. The second-order valence-corrected chi connectivity index (χ2v) is 12.1. The van der Waals surface area contributed by atoms with Gasteiger partial charge < -0.3 is 14.8 Å². The Labute approximate surface area is 232 Å². The van der Waals surface area contributed by atoms with E-state index in [4.69, 9.17) is 0 Å². The molecule has 40 heavy (non-hydrogen) atoms. The van der Waals surface area contributed by atoms with E-state index >= 15 is 4.39 Å². The van der Waals surface area contributed by atoms with Gasteiger partial charge in [0, 0.05) is 56.4 Å². The highest BCUT2D eigenvalue weighted by molar-refractivity contribution is 5.83. The maximum Gasteiger partial charge on any atom is 0.229 e. The van der Waals surface area contributed by atoms with Crippen LogP contribution in [0.2, 0.25) is 0 Å². The minimum absolute atomic E-state index is 0.0301. The fraction of sp³-hybridized carbons (Fsp3) is 0.467. The lowest BCUT2D eigenvalue weighted by Crippen LogP contribution is -2.28. The van der Waals surface area contributed by atoms with Gasteiger partial charge in [-0.05, 0) is 62.4 Å². The fourth-order valence-corrected chi connectivity index (χ4v) is 6.86. The first-order chi connectivity index (χ1) is 19.3. The van der Waals surface area contributed by atoms with E-state index < -0.39 is 11.6 Å². The van der Waals surface area contributed by atoms with E-state index in [1.54, 1.807) is 6.07 Å². The molecule has 2 unspecified atom stereocenters. The molecule has 0 radical (unpaired) electrons. The lowest BCUT2D eigenvalue weighted by atomic mass is 10.0. The first kappa shape index (κ1) is 25.5. The number of imidazole rings is 1. The van der Waals surface area contributed by atoms with Crippen molar-refractivity contribution in [3.8, 4) is 11.3 Å². The molecule has 1 aromatic carbocycles. The Morgan fingerprint density at radius 3 is 2.45 bits per heavy atom. The largest absolute Gasteiger partial charge is 0.322 e. The number of hydrogen-bond acceptors (Lipinski definition) is 7. The van der Waals surface area contributed by atoms with Crippen molar-refractivity contribution in [1.82, 2.24) is 34.3 Å². The first-order valence-corrected chi connectivity index (χ1v) is 14.2. The van der Waals surface area contributed by atoms with Crippen molar-refractivity contribution in [2.24, 2.45) is 11.8 Å². The Morgan fingerprint density at radius 1 is 0.950 bits per heavy atom. The summed E-state index contributed by atoms with van der Waals surface area (Å²) in [6.45, 7) is 13.2. The van der Waals surface area contributed by atoms with Gasteiger partial charge in [0.15, 0.2) is 11.6 Å². The molecule has 0 amide bonds. The van der Waals surface area contributed by atoms with Crippen LogP contribution in [0.4, 0.5) is 20.5 Å². The van der Waals surface area contributed by atoms with Crippen LogP contribution in [-0.4, -0.2) is 67.0 Å². The number of nitrogens with one attached hydrogen (secondary N) is 1. The summed E-state index contributed by atoms with van der Waals surface area (Å²) < 4.78 is 32.1. The number of halogens is 2. The molecule has 6 heterocycles. The molecule has 8 nitrogen and oxygen atoms in total. The Hall–Kier alpha value is -3.50. The van der Waals surface area contributed by atoms with Crippen LogP contribution in [0.15, 0.2) is 36.7 Å². The molecule has 10 heteroatoms. The van der Waals surface area contributed by atoms with E-state index in [1.165, 1.54) is 19.2 Å². The van der Waals surface area contributed by atoms with Gasteiger partial charge >= 0.3 is 0 Å². The summed E-state index contributed by atoms with van der Waals surface area (Å²) in [5, 5.41) is 3.08. The number of nitrogens with zero attached hydrogens (tertiary/aromatic N) is 7.